The highest BCUT2D eigenvalue weighted by Crippen LogP contribution is 2.36. The number of hydrogen-bond acceptors (Lipinski definition) is 5. The molecule has 1 fully saturated rings. The van der Waals surface area contributed by atoms with Crippen LogP contribution in [-0.2, 0) is 14.3 Å². The molecular formula is C16H29NO5. The number of carbonyl (C=O) groups is 2. The molecule has 128 valence electrons. The van der Waals surface area contributed by atoms with Gasteiger partial charge in [0.25, 0.3) is 0 Å². The van der Waals surface area contributed by atoms with E-state index in [0.29, 0.717) is 13.0 Å². The van der Waals surface area contributed by atoms with Crippen molar-refractivity contribution in [2.45, 2.75) is 58.7 Å². The van der Waals surface area contributed by atoms with Gasteiger partial charge in [-0.25, -0.2) is 4.79 Å². The first kappa shape index (κ1) is 18.9. The van der Waals surface area contributed by atoms with Crippen LogP contribution in [0.5, 0.6) is 0 Å². The Hall–Kier alpha value is -1.14. The summed E-state index contributed by atoms with van der Waals surface area (Å²) in [5.41, 5.74) is -1.29. The van der Waals surface area contributed by atoms with Crippen molar-refractivity contribution in [1.29, 1.82) is 0 Å². The van der Waals surface area contributed by atoms with E-state index in [-0.39, 0.29) is 25.8 Å². The van der Waals surface area contributed by atoms with Crippen molar-refractivity contribution >= 4 is 12.4 Å². The third-order valence-electron chi connectivity index (χ3n) is 3.71. The second kappa shape index (κ2) is 7.92. The maximum absolute atomic E-state index is 12.0. The van der Waals surface area contributed by atoms with Gasteiger partial charge in [-0.1, -0.05) is 13.3 Å². The molecule has 22 heavy (non-hydrogen) atoms. The number of likely N-dealkylation sites (tertiary alicyclic amines) is 1. The van der Waals surface area contributed by atoms with Crippen LogP contribution in [-0.4, -0.2) is 60.4 Å². The van der Waals surface area contributed by atoms with Gasteiger partial charge in [0, 0.05) is 26.3 Å². The van der Waals surface area contributed by atoms with E-state index in [1.807, 2.05) is 0 Å². The molecule has 1 heterocycles. The Morgan fingerprint density at radius 1 is 1.41 bits per heavy atom. The summed E-state index contributed by atoms with van der Waals surface area (Å²) >= 11 is 0. The van der Waals surface area contributed by atoms with Gasteiger partial charge in [-0.15, -0.1) is 0 Å². The monoisotopic (exact) mass is 315 g/mol. The van der Waals surface area contributed by atoms with Gasteiger partial charge in [0.05, 0.1) is 11.5 Å². The Balaban J connectivity index is 2.62. The standard InChI is InChI=1S/C16H29NO5/c1-5-6-9-21-13(7-8-18)16(12-19)10-17(11-16)14(20)22-15(2,3)4/h12-13,18H,5-11H2,1-4H3. The average molecular weight is 315 g/mol. The number of aliphatic hydroxyl groups is 1. The highest BCUT2D eigenvalue weighted by molar-refractivity contribution is 5.74. The second-order valence-corrected chi connectivity index (χ2v) is 6.91. The molecule has 6 nitrogen and oxygen atoms in total. The van der Waals surface area contributed by atoms with E-state index >= 15 is 0 Å². The number of carbonyl (C=O) groups excluding carboxylic acids is 2. The molecule has 0 spiro atoms. The molecule has 1 N–H and O–H groups in total. The summed E-state index contributed by atoms with van der Waals surface area (Å²) in [6.45, 7) is 8.56. The zero-order valence-corrected chi connectivity index (χ0v) is 14.1. The van der Waals surface area contributed by atoms with Gasteiger partial charge in [0.15, 0.2) is 0 Å². The molecule has 1 unspecified atom stereocenters. The fourth-order valence-corrected chi connectivity index (χ4v) is 2.50. The fourth-order valence-electron chi connectivity index (χ4n) is 2.50. The summed E-state index contributed by atoms with van der Waals surface area (Å²) < 4.78 is 11.1. The van der Waals surface area contributed by atoms with Crippen molar-refractivity contribution < 1.29 is 24.2 Å². The number of amides is 1. The predicted octanol–water partition coefficient (Wildman–Crippen LogP) is 1.99. The first-order chi connectivity index (χ1) is 10.3. The topological polar surface area (TPSA) is 76.1 Å². The van der Waals surface area contributed by atoms with Crippen LogP contribution in [0, 0.1) is 5.41 Å². The molecule has 0 aromatic heterocycles. The minimum atomic E-state index is -0.729. The molecule has 1 rings (SSSR count). The lowest BCUT2D eigenvalue weighted by atomic mass is 9.75. The normalized spacial score (nSPS) is 18.5. The van der Waals surface area contributed by atoms with Crippen LogP contribution in [0.1, 0.15) is 47.0 Å². The minimum Gasteiger partial charge on any atom is -0.444 e. The van der Waals surface area contributed by atoms with E-state index in [1.54, 1.807) is 20.8 Å². The molecule has 1 atom stereocenters. The molecule has 0 bridgehead atoms. The van der Waals surface area contributed by atoms with Crippen LogP contribution in [0.4, 0.5) is 4.79 Å². The van der Waals surface area contributed by atoms with Gasteiger partial charge >= 0.3 is 6.09 Å². The molecule has 0 aliphatic carbocycles. The van der Waals surface area contributed by atoms with Crippen molar-refractivity contribution in [3.05, 3.63) is 0 Å². The lowest BCUT2D eigenvalue weighted by Gasteiger charge is -2.50. The molecule has 0 saturated carbocycles. The number of ether oxygens (including phenoxy) is 2. The summed E-state index contributed by atoms with van der Waals surface area (Å²) in [6, 6.07) is 0. The van der Waals surface area contributed by atoms with E-state index < -0.39 is 17.1 Å². The van der Waals surface area contributed by atoms with Gasteiger partial charge in [-0.05, 0) is 33.6 Å². The number of hydrogen-bond donors (Lipinski definition) is 1. The SMILES string of the molecule is CCCCOC(CCO)C1(C=O)CN(C(=O)OC(C)(C)C)C1. The average Bonchev–Trinajstić information content (AvgIpc) is 2.36. The number of rotatable bonds is 8. The first-order valence-corrected chi connectivity index (χ1v) is 7.94. The summed E-state index contributed by atoms with van der Waals surface area (Å²) in [5, 5.41) is 9.20. The highest BCUT2D eigenvalue weighted by Gasteiger charge is 2.52. The number of unbranched alkanes of at least 4 members (excludes halogenated alkanes) is 1. The Morgan fingerprint density at radius 3 is 2.50 bits per heavy atom. The molecule has 0 aromatic rings. The highest BCUT2D eigenvalue weighted by atomic mass is 16.6. The summed E-state index contributed by atoms with van der Waals surface area (Å²) in [7, 11) is 0. The van der Waals surface area contributed by atoms with E-state index in [0.717, 1.165) is 19.1 Å². The molecule has 1 aliphatic rings. The Kier molecular flexibility index (Phi) is 6.81. The minimum absolute atomic E-state index is 0.0428. The predicted molar refractivity (Wildman–Crippen MR) is 82.7 cm³/mol. The number of nitrogens with zero attached hydrogens (tertiary/aromatic N) is 1. The van der Waals surface area contributed by atoms with Gasteiger partial charge in [-0.3, -0.25) is 0 Å². The molecule has 1 saturated heterocycles. The van der Waals surface area contributed by atoms with E-state index in [2.05, 4.69) is 6.92 Å². The van der Waals surface area contributed by atoms with Crippen LogP contribution in [0.2, 0.25) is 0 Å². The number of aliphatic hydroxyl groups excluding tert-OH is 1. The molecular weight excluding hydrogens is 286 g/mol. The van der Waals surface area contributed by atoms with Crippen molar-refractivity contribution in [2.75, 3.05) is 26.3 Å². The van der Waals surface area contributed by atoms with Crippen molar-refractivity contribution in [1.82, 2.24) is 4.90 Å². The zero-order chi connectivity index (χ0) is 16.8. The first-order valence-electron chi connectivity index (χ1n) is 7.94. The van der Waals surface area contributed by atoms with Crippen molar-refractivity contribution in [2.24, 2.45) is 5.41 Å². The maximum Gasteiger partial charge on any atom is 0.410 e. The van der Waals surface area contributed by atoms with Crippen LogP contribution in [0.3, 0.4) is 0 Å². The Morgan fingerprint density at radius 2 is 2.05 bits per heavy atom. The molecule has 6 heteroatoms. The lowest BCUT2D eigenvalue weighted by molar-refractivity contribution is -0.149. The van der Waals surface area contributed by atoms with Crippen LogP contribution < -0.4 is 0 Å². The van der Waals surface area contributed by atoms with Crippen LogP contribution >= 0.6 is 0 Å². The quantitative estimate of drug-likeness (QED) is 0.547. The molecule has 0 radical (unpaired) electrons. The van der Waals surface area contributed by atoms with Crippen LogP contribution in [0.25, 0.3) is 0 Å². The van der Waals surface area contributed by atoms with E-state index in [4.69, 9.17) is 9.47 Å². The van der Waals surface area contributed by atoms with Gasteiger partial charge < -0.3 is 24.3 Å². The Bertz CT molecular complexity index is 371. The van der Waals surface area contributed by atoms with Gasteiger partial charge in [0.2, 0.25) is 0 Å². The maximum atomic E-state index is 12.0. The van der Waals surface area contributed by atoms with Gasteiger partial charge in [0.1, 0.15) is 11.9 Å². The second-order valence-electron chi connectivity index (χ2n) is 6.91. The van der Waals surface area contributed by atoms with E-state index in [1.165, 1.54) is 4.90 Å². The van der Waals surface area contributed by atoms with E-state index in [9.17, 15) is 14.7 Å². The van der Waals surface area contributed by atoms with Gasteiger partial charge in [-0.2, -0.15) is 0 Å². The molecule has 1 aliphatic heterocycles. The third kappa shape index (κ3) is 4.95. The van der Waals surface area contributed by atoms with Crippen molar-refractivity contribution in [3.63, 3.8) is 0 Å². The smallest absolute Gasteiger partial charge is 0.410 e. The fraction of sp³-hybridized carbons (Fsp3) is 0.875. The third-order valence-corrected chi connectivity index (χ3v) is 3.71. The summed E-state index contributed by atoms with van der Waals surface area (Å²) in [4.78, 5) is 25.1. The zero-order valence-electron chi connectivity index (χ0n) is 14.1. The molecule has 0 aromatic carbocycles. The van der Waals surface area contributed by atoms with Crippen molar-refractivity contribution in [3.8, 4) is 0 Å². The van der Waals surface area contributed by atoms with Crippen LogP contribution in [0.15, 0.2) is 0 Å². The number of aldehydes is 1. The largest absolute Gasteiger partial charge is 0.444 e. The summed E-state index contributed by atoms with van der Waals surface area (Å²) in [6.07, 6.45) is 2.39. The Labute approximate surface area is 132 Å². The lowest BCUT2D eigenvalue weighted by Crippen LogP contribution is -2.65. The molecule has 1 amide bonds. The summed E-state index contributed by atoms with van der Waals surface area (Å²) in [5.74, 6) is 0.